The van der Waals surface area contributed by atoms with Gasteiger partial charge in [-0.3, -0.25) is 10.1 Å². The first-order chi connectivity index (χ1) is 13.4. The lowest BCUT2D eigenvalue weighted by molar-refractivity contribution is 0.252. The summed E-state index contributed by atoms with van der Waals surface area (Å²) in [6, 6.07) is 2.26. The van der Waals surface area contributed by atoms with Crippen LogP contribution >= 0.6 is 0 Å². The fourth-order valence-electron chi connectivity index (χ4n) is 2.30. The maximum atomic E-state index is 14.3. The smallest absolute Gasteiger partial charge is 0.319 e. The van der Waals surface area contributed by atoms with Gasteiger partial charge >= 0.3 is 6.03 Å². The van der Waals surface area contributed by atoms with Gasteiger partial charge in [0.1, 0.15) is 0 Å². The number of rotatable bonds is 9. The largest absolute Gasteiger partial charge is 0.490 e. The number of nitrogens with zero attached hydrogens (tertiary/aromatic N) is 3. The van der Waals surface area contributed by atoms with Gasteiger partial charge in [-0.05, 0) is 27.4 Å². The Balaban J connectivity index is 2.05. The molecule has 0 bridgehead atoms. The average Bonchev–Trinajstić information content (AvgIpc) is 3.06. The van der Waals surface area contributed by atoms with Gasteiger partial charge in [0, 0.05) is 25.2 Å². The summed E-state index contributed by atoms with van der Waals surface area (Å²) in [5.74, 6) is -0.452. The summed E-state index contributed by atoms with van der Waals surface area (Å²) in [5.41, 5.74) is 7.38. The van der Waals surface area contributed by atoms with Crippen LogP contribution in [0, 0.1) is 5.82 Å². The van der Waals surface area contributed by atoms with E-state index < -0.39 is 5.82 Å². The quantitative estimate of drug-likeness (QED) is 0.297. The van der Waals surface area contributed by atoms with Crippen molar-refractivity contribution in [3.63, 3.8) is 0 Å². The van der Waals surface area contributed by atoms with E-state index in [0.29, 0.717) is 24.5 Å². The molecule has 0 atom stereocenters. The number of hydrogen-bond donors (Lipinski definition) is 4. The van der Waals surface area contributed by atoms with Crippen LogP contribution in [0.4, 0.5) is 26.2 Å². The third kappa shape index (κ3) is 6.23. The van der Waals surface area contributed by atoms with Crippen LogP contribution in [0.3, 0.4) is 0 Å². The predicted molar refractivity (Wildman–Crippen MR) is 108 cm³/mol. The summed E-state index contributed by atoms with van der Waals surface area (Å²) in [7, 11) is 3.92. The molecule has 2 rings (SSSR count). The molecular formula is C18H26FN7O2. The maximum absolute atomic E-state index is 14.3. The number of ether oxygens (including phenoxy) is 1. The number of hydrogen-bond acceptors (Lipinski definition) is 6. The standard InChI is InChI=1S/C18H26FN7O2/c1-4-21-18(27)24-15-11-23-25-16(15)10-22-14-8-12(19)17(9-13(14)20)28-7-5-6-26(2)3/h8-11H,4-7,20H2,1-3H3,(H,23,25)(H2,21,24,27). The van der Waals surface area contributed by atoms with E-state index in [1.807, 2.05) is 25.9 Å². The molecule has 1 aromatic carbocycles. The Kier molecular flexibility index (Phi) is 7.76. The number of halogens is 1. The number of anilines is 2. The Morgan fingerprint density at radius 2 is 2.25 bits per heavy atom. The highest BCUT2D eigenvalue weighted by atomic mass is 19.1. The van der Waals surface area contributed by atoms with Crippen molar-refractivity contribution in [1.29, 1.82) is 0 Å². The first-order valence-corrected chi connectivity index (χ1v) is 8.89. The summed E-state index contributed by atoms with van der Waals surface area (Å²) in [4.78, 5) is 17.8. The zero-order valence-electron chi connectivity index (χ0n) is 16.3. The highest BCUT2D eigenvalue weighted by Crippen LogP contribution is 2.30. The fourth-order valence-corrected chi connectivity index (χ4v) is 2.30. The molecule has 2 amide bonds. The molecule has 0 saturated heterocycles. The van der Waals surface area contributed by atoms with E-state index in [4.69, 9.17) is 10.5 Å². The van der Waals surface area contributed by atoms with Crippen LogP contribution < -0.4 is 21.1 Å². The molecule has 0 unspecified atom stereocenters. The van der Waals surface area contributed by atoms with Gasteiger partial charge in [-0.25, -0.2) is 9.18 Å². The summed E-state index contributed by atoms with van der Waals surface area (Å²) in [6.45, 7) is 3.53. The van der Waals surface area contributed by atoms with Gasteiger partial charge in [-0.2, -0.15) is 5.10 Å². The average molecular weight is 391 g/mol. The molecule has 0 fully saturated rings. The van der Waals surface area contributed by atoms with Crippen LogP contribution in [0.25, 0.3) is 0 Å². The van der Waals surface area contributed by atoms with Crippen LogP contribution in [0.5, 0.6) is 5.75 Å². The molecule has 10 heteroatoms. The van der Waals surface area contributed by atoms with Crippen molar-refractivity contribution >= 4 is 29.3 Å². The summed E-state index contributed by atoms with van der Waals surface area (Å²) in [5, 5.41) is 11.8. The third-order valence-electron chi connectivity index (χ3n) is 3.68. The first kappa shape index (κ1) is 21.2. The zero-order valence-corrected chi connectivity index (χ0v) is 16.3. The molecule has 9 nitrogen and oxygen atoms in total. The Labute approximate surface area is 163 Å². The second kappa shape index (κ2) is 10.3. The van der Waals surface area contributed by atoms with Crippen molar-refractivity contribution < 1.29 is 13.9 Å². The number of amides is 2. The number of nitrogen functional groups attached to an aromatic ring is 1. The Bertz CT molecular complexity index is 820. The van der Waals surface area contributed by atoms with Gasteiger partial charge in [-0.1, -0.05) is 0 Å². The molecule has 0 aliphatic heterocycles. The molecule has 0 spiro atoms. The van der Waals surface area contributed by atoms with E-state index in [9.17, 15) is 9.18 Å². The Hall–Kier alpha value is -3.14. The number of benzene rings is 1. The Morgan fingerprint density at radius 3 is 2.96 bits per heavy atom. The summed E-state index contributed by atoms with van der Waals surface area (Å²) >= 11 is 0. The van der Waals surface area contributed by atoms with Crippen molar-refractivity contribution in [3.05, 3.63) is 29.8 Å². The van der Waals surface area contributed by atoms with Crippen LogP contribution in [0.1, 0.15) is 19.0 Å². The lowest BCUT2D eigenvalue weighted by atomic mass is 10.2. The van der Waals surface area contributed by atoms with Crippen LogP contribution in [0.15, 0.2) is 23.3 Å². The summed E-state index contributed by atoms with van der Waals surface area (Å²) in [6.07, 6.45) is 3.63. The number of carbonyl (C=O) groups is 1. The van der Waals surface area contributed by atoms with Crippen LogP contribution in [-0.4, -0.2) is 61.1 Å². The molecule has 1 heterocycles. The SMILES string of the molecule is CCNC(=O)Nc1cn[nH]c1C=Nc1cc(F)c(OCCCN(C)C)cc1N. The van der Waals surface area contributed by atoms with E-state index in [2.05, 4.69) is 25.8 Å². The van der Waals surface area contributed by atoms with Crippen molar-refractivity contribution in [2.75, 3.05) is 44.8 Å². The van der Waals surface area contributed by atoms with Gasteiger partial charge in [0.05, 0.1) is 41.8 Å². The van der Waals surface area contributed by atoms with E-state index in [1.165, 1.54) is 24.5 Å². The van der Waals surface area contributed by atoms with Gasteiger partial charge in [0.25, 0.3) is 0 Å². The number of urea groups is 1. The molecule has 152 valence electrons. The highest BCUT2D eigenvalue weighted by Gasteiger charge is 2.10. The molecule has 1 aromatic heterocycles. The lowest BCUT2D eigenvalue weighted by Gasteiger charge is -2.12. The topological polar surface area (TPSA) is 121 Å². The second-order valence-electron chi connectivity index (χ2n) is 6.29. The third-order valence-corrected chi connectivity index (χ3v) is 3.68. The molecule has 2 aromatic rings. The number of aromatic amines is 1. The van der Waals surface area contributed by atoms with E-state index in [-0.39, 0.29) is 23.2 Å². The molecule has 0 aliphatic carbocycles. The number of nitrogens with one attached hydrogen (secondary N) is 3. The van der Waals surface area contributed by atoms with Crippen molar-refractivity contribution in [1.82, 2.24) is 20.4 Å². The van der Waals surface area contributed by atoms with Gasteiger partial charge in [0.15, 0.2) is 11.6 Å². The molecular weight excluding hydrogens is 365 g/mol. The summed E-state index contributed by atoms with van der Waals surface area (Å²) < 4.78 is 19.7. The zero-order chi connectivity index (χ0) is 20.5. The molecule has 0 aliphatic rings. The normalized spacial score (nSPS) is 11.2. The predicted octanol–water partition coefficient (Wildman–Crippen LogP) is 2.35. The van der Waals surface area contributed by atoms with E-state index in [0.717, 1.165) is 13.0 Å². The minimum Gasteiger partial charge on any atom is -0.490 e. The number of H-pyrrole nitrogens is 1. The second-order valence-corrected chi connectivity index (χ2v) is 6.29. The minimum atomic E-state index is -0.545. The molecule has 28 heavy (non-hydrogen) atoms. The highest BCUT2D eigenvalue weighted by molar-refractivity contribution is 5.96. The monoisotopic (exact) mass is 391 g/mol. The number of aliphatic imine (C=N–C) groups is 1. The molecule has 0 radical (unpaired) electrons. The van der Waals surface area contributed by atoms with Gasteiger partial charge in [-0.15, -0.1) is 0 Å². The van der Waals surface area contributed by atoms with E-state index >= 15 is 0 Å². The van der Waals surface area contributed by atoms with Crippen molar-refractivity contribution in [3.8, 4) is 5.75 Å². The number of nitrogens with two attached hydrogens (primary N) is 1. The van der Waals surface area contributed by atoms with Crippen molar-refractivity contribution in [2.45, 2.75) is 13.3 Å². The van der Waals surface area contributed by atoms with Gasteiger partial charge < -0.3 is 26.0 Å². The minimum absolute atomic E-state index is 0.0929. The molecule has 0 saturated carbocycles. The lowest BCUT2D eigenvalue weighted by Crippen LogP contribution is -2.28. The first-order valence-electron chi connectivity index (χ1n) is 8.89. The number of carbonyl (C=O) groups excluding carboxylic acids is 1. The van der Waals surface area contributed by atoms with Crippen LogP contribution in [0.2, 0.25) is 0 Å². The van der Waals surface area contributed by atoms with Crippen LogP contribution in [-0.2, 0) is 0 Å². The Morgan fingerprint density at radius 1 is 1.46 bits per heavy atom. The number of aromatic nitrogens is 2. The van der Waals surface area contributed by atoms with E-state index in [1.54, 1.807) is 0 Å². The van der Waals surface area contributed by atoms with Crippen molar-refractivity contribution in [2.24, 2.45) is 4.99 Å². The maximum Gasteiger partial charge on any atom is 0.319 e. The fraction of sp³-hybridized carbons (Fsp3) is 0.389. The molecule has 5 N–H and O–H groups in total. The van der Waals surface area contributed by atoms with Gasteiger partial charge in [0.2, 0.25) is 0 Å².